The molecule has 0 atom stereocenters. The molecule has 7 amide bonds. The first-order valence-corrected chi connectivity index (χ1v) is 45.9. The predicted octanol–water partition coefficient (Wildman–Crippen LogP) is 14.4. The van der Waals surface area contributed by atoms with Gasteiger partial charge in [0.15, 0.2) is 0 Å². The van der Waals surface area contributed by atoms with Crippen molar-refractivity contribution in [2.75, 3.05) is 146 Å². The van der Waals surface area contributed by atoms with Crippen molar-refractivity contribution in [2.24, 2.45) is 5.73 Å². The summed E-state index contributed by atoms with van der Waals surface area (Å²) in [5.41, 5.74) is 8.31. The SMILES string of the molecule is CC(C)(C)OC(=O)N1CCC(N)CC1.CC(C)(C)OC(=O)N1CCC(NC(=O)OCc2ccccc2)CC1.CN(C(=O)OCc1ccccc1)C1CCN(C(=O)OC(C)(C)C)CC1.CN(C(=O)OCc1ccccc1)C1CCN(C2CCOCC2)CC1.CN(C(=O)OCc1ccccc1)C1CCNCC1.CNC1CCN(C2CCOCC2)CC1.O=C1CCOCC1. The van der Waals surface area contributed by atoms with Gasteiger partial charge >= 0.3 is 42.7 Å². The minimum Gasteiger partial charge on any atom is -0.445 e. The van der Waals surface area contributed by atoms with Gasteiger partial charge in [-0.15, -0.1) is 0 Å². The molecule has 4 aromatic carbocycles. The molecule has 13 rings (SSSR count). The molecule has 9 aliphatic heterocycles. The van der Waals surface area contributed by atoms with Crippen LogP contribution in [0.4, 0.5) is 33.6 Å². The number of carbonyl (C=O) groups excluding carboxylic acids is 8. The first-order valence-electron chi connectivity index (χ1n) is 45.9. The van der Waals surface area contributed by atoms with Gasteiger partial charge in [-0.2, -0.15) is 0 Å². The van der Waals surface area contributed by atoms with Crippen LogP contribution in [0.3, 0.4) is 0 Å². The van der Waals surface area contributed by atoms with Crippen LogP contribution in [0.25, 0.3) is 0 Å². The van der Waals surface area contributed by atoms with Crippen molar-refractivity contribution in [2.45, 2.75) is 269 Å². The molecule has 30 heteroatoms. The largest absolute Gasteiger partial charge is 0.445 e. The molecule has 0 radical (unpaired) electrons. The second-order valence-corrected chi connectivity index (χ2v) is 36.6. The van der Waals surface area contributed by atoms with E-state index in [2.05, 4.69) is 32.8 Å². The summed E-state index contributed by atoms with van der Waals surface area (Å²) in [7, 11) is 7.52. The fourth-order valence-corrected chi connectivity index (χ4v) is 15.6. The molecule has 704 valence electrons. The lowest BCUT2D eigenvalue weighted by atomic mass is 9.99. The van der Waals surface area contributed by atoms with Gasteiger partial charge in [-0.25, -0.2) is 33.6 Å². The first-order chi connectivity index (χ1) is 60.3. The zero-order valence-corrected chi connectivity index (χ0v) is 78.0. The summed E-state index contributed by atoms with van der Waals surface area (Å²) < 4.78 is 53.1. The number of alkyl carbamates (subject to hydrolysis) is 1. The van der Waals surface area contributed by atoms with Crippen molar-refractivity contribution in [3.05, 3.63) is 144 Å². The van der Waals surface area contributed by atoms with Crippen molar-refractivity contribution < 1.29 is 85.7 Å². The number of nitrogens with two attached hydrogens (primary N) is 1. The van der Waals surface area contributed by atoms with E-state index in [1.807, 2.05) is 198 Å². The highest BCUT2D eigenvalue weighted by Gasteiger charge is 2.35. The molecule has 126 heavy (non-hydrogen) atoms. The topological polar surface area (TPSA) is 317 Å². The second-order valence-electron chi connectivity index (χ2n) is 36.6. The Morgan fingerprint density at radius 3 is 0.992 bits per heavy atom. The van der Waals surface area contributed by atoms with Gasteiger partial charge in [0.05, 0.1) is 13.2 Å². The maximum atomic E-state index is 12.3. The molecule has 5 N–H and O–H groups in total. The normalized spacial score (nSPS) is 18.9. The zero-order chi connectivity index (χ0) is 91.3. The first kappa shape index (κ1) is 104. The molecule has 0 saturated carbocycles. The van der Waals surface area contributed by atoms with Crippen molar-refractivity contribution in [3.63, 3.8) is 0 Å². The van der Waals surface area contributed by atoms with Gasteiger partial charge < -0.3 is 108 Å². The lowest BCUT2D eigenvalue weighted by Gasteiger charge is -2.41. The Labute approximate surface area is 750 Å². The van der Waals surface area contributed by atoms with Crippen LogP contribution in [0.5, 0.6) is 0 Å². The number of benzene rings is 4. The monoisotopic (exact) mass is 1760 g/mol. The number of carbonyl (C=O) groups is 8. The van der Waals surface area contributed by atoms with Crippen molar-refractivity contribution in [1.29, 1.82) is 0 Å². The average Bonchev–Trinajstić information content (AvgIpc) is 0.857. The Balaban J connectivity index is 0.000000206. The lowest BCUT2D eigenvalue weighted by molar-refractivity contribution is -0.124. The maximum absolute atomic E-state index is 12.3. The number of hydrogen-bond acceptors (Lipinski definition) is 23. The van der Waals surface area contributed by atoms with E-state index >= 15 is 0 Å². The van der Waals surface area contributed by atoms with Gasteiger partial charge in [0, 0.05) is 161 Å². The highest BCUT2D eigenvalue weighted by molar-refractivity contribution is 5.79. The van der Waals surface area contributed by atoms with Crippen molar-refractivity contribution in [3.8, 4) is 0 Å². The third-order valence-corrected chi connectivity index (χ3v) is 23.3. The van der Waals surface area contributed by atoms with Gasteiger partial charge in [0.25, 0.3) is 0 Å². The minimum absolute atomic E-state index is 0.0203. The number of Topliss-reactive ketones (excluding diaryl/α,β-unsaturated/α-hetero) is 1. The van der Waals surface area contributed by atoms with Crippen LogP contribution in [0.15, 0.2) is 121 Å². The van der Waals surface area contributed by atoms with Gasteiger partial charge in [-0.05, 0) is 221 Å². The number of hydrogen-bond donors (Lipinski definition) is 4. The molecular formula is C96H152N12O18. The van der Waals surface area contributed by atoms with Crippen LogP contribution in [0, 0.1) is 0 Å². The Morgan fingerprint density at radius 1 is 0.389 bits per heavy atom. The number of piperidine rings is 6. The second kappa shape index (κ2) is 55.8. The van der Waals surface area contributed by atoms with Crippen molar-refractivity contribution >= 4 is 48.4 Å². The molecule has 0 aromatic heterocycles. The van der Waals surface area contributed by atoms with Crippen LogP contribution in [-0.2, 0) is 78.6 Å². The van der Waals surface area contributed by atoms with Crippen LogP contribution >= 0.6 is 0 Å². The number of nitrogens with one attached hydrogen (secondary N) is 3. The third-order valence-electron chi connectivity index (χ3n) is 23.3. The van der Waals surface area contributed by atoms with Crippen LogP contribution in [0.2, 0.25) is 0 Å². The molecule has 9 aliphatic rings. The van der Waals surface area contributed by atoms with E-state index in [9.17, 15) is 38.4 Å². The summed E-state index contributed by atoms with van der Waals surface area (Å²) in [6, 6.07) is 41.9. The van der Waals surface area contributed by atoms with Crippen LogP contribution in [-0.4, -0.2) is 299 Å². The number of rotatable bonds is 15. The smallest absolute Gasteiger partial charge is 0.410 e. The third kappa shape index (κ3) is 41.5. The molecular weight excluding hydrogens is 1610 g/mol. The molecule has 0 bridgehead atoms. The molecule has 9 heterocycles. The highest BCUT2D eigenvalue weighted by Crippen LogP contribution is 2.26. The predicted molar refractivity (Wildman–Crippen MR) is 486 cm³/mol. The minimum atomic E-state index is -0.494. The van der Waals surface area contributed by atoms with Crippen LogP contribution in [0.1, 0.15) is 200 Å². The van der Waals surface area contributed by atoms with Gasteiger partial charge in [-0.3, -0.25) is 4.79 Å². The number of likely N-dealkylation sites (tertiary alicyclic amines) is 5. The van der Waals surface area contributed by atoms with E-state index in [4.69, 9.17) is 53.1 Å². The molecule has 9 fully saturated rings. The van der Waals surface area contributed by atoms with E-state index < -0.39 is 22.9 Å². The van der Waals surface area contributed by atoms with E-state index in [0.717, 1.165) is 164 Å². The van der Waals surface area contributed by atoms with Crippen LogP contribution < -0.4 is 21.7 Å². The fraction of sp³-hybridized carbons (Fsp3) is 0.667. The summed E-state index contributed by atoms with van der Waals surface area (Å²) in [6.07, 6.45) is 15.2. The van der Waals surface area contributed by atoms with Crippen molar-refractivity contribution in [1.82, 2.24) is 55.1 Å². The standard InChI is InChI=1S/C19H28N2O4.C19H28N2O3.C18H26N2O4.C14H20N2O2.C11H22N2O.C10H20N2O2.C5H8O2/c1-19(2,3)25-18(23)21-12-10-16(11-13-21)20(4)17(22)24-14-15-8-6-5-7-9-15;1-20(19(22)24-15-16-5-3-2-4-6-16)17-7-11-21(12-8-17)18-9-13-23-14-10-18;1-18(2,3)24-17(22)20-11-9-15(10-12-20)19-16(21)23-13-14-7-5-4-6-8-14;1-16(13-7-9-15-10-8-13)14(17)18-11-12-5-3-2-4-6-12;1-12-10-2-6-13(7-3-10)11-4-8-14-9-5-11;1-10(2,3)14-9(13)12-6-4-8(11)5-7-12;6-5-1-3-7-4-2-5/h5-9,16H,10-14H2,1-4H3;2-6,17-18H,7-15H2,1H3;4-8,15H,9-13H2,1-3H3,(H,19,21);2-6,13,15H,7-11H2,1H3;10-12H,2-9H2,1H3;8H,4-7,11H2,1-3H3;1-4H2. The quantitative estimate of drug-likeness (QED) is 0.0804. The van der Waals surface area contributed by atoms with E-state index in [1.165, 1.54) is 38.8 Å². The average molecular weight is 1760 g/mol. The van der Waals surface area contributed by atoms with E-state index in [0.29, 0.717) is 96.2 Å². The number of nitrogens with zero attached hydrogens (tertiary/aromatic N) is 8. The maximum Gasteiger partial charge on any atom is 0.410 e. The molecule has 30 nitrogen and oxygen atoms in total. The summed E-state index contributed by atoms with van der Waals surface area (Å²) in [5, 5.41) is 9.52. The number of ether oxygens (including phenoxy) is 10. The van der Waals surface area contributed by atoms with E-state index in [-0.39, 0.29) is 73.9 Å². The number of amides is 7. The fourth-order valence-electron chi connectivity index (χ4n) is 15.6. The Kier molecular flexibility index (Phi) is 46.1. The molecule has 0 spiro atoms. The molecule has 4 aromatic rings. The number of ketones is 1. The zero-order valence-electron chi connectivity index (χ0n) is 78.0. The summed E-state index contributed by atoms with van der Waals surface area (Å²) in [6.45, 7) is 33.3. The van der Waals surface area contributed by atoms with Gasteiger partial charge in [-0.1, -0.05) is 121 Å². The lowest BCUT2D eigenvalue weighted by Crippen LogP contribution is -2.49. The molecule has 0 unspecified atom stereocenters. The molecule has 0 aliphatic carbocycles. The summed E-state index contributed by atoms with van der Waals surface area (Å²) >= 11 is 0. The Hall–Kier alpha value is -8.88. The van der Waals surface area contributed by atoms with Gasteiger partial charge in [0.1, 0.15) is 49.0 Å². The summed E-state index contributed by atoms with van der Waals surface area (Å²) in [4.78, 5) is 110. The highest BCUT2D eigenvalue weighted by atomic mass is 16.6. The summed E-state index contributed by atoms with van der Waals surface area (Å²) in [5.74, 6) is 0.339. The van der Waals surface area contributed by atoms with Gasteiger partial charge in [0.2, 0.25) is 0 Å². The Morgan fingerprint density at radius 2 is 0.675 bits per heavy atom. The Bertz CT molecular complexity index is 3720. The van der Waals surface area contributed by atoms with E-state index in [1.54, 1.807) is 36.4 Å². The molecule has 9 saturated heterocycles.